The summed E-state index contributed by atoms with van der Waals surface area (Å²) in [7, 11) is 6.20. The molecule has 2 saturated heterocycles. The summed E-state index contributed by atoms with van der Waals surface area (Å²) in [6.07, 6.45) is 18.0. The number of anilines is 3. The van der Waals surface area contributed by atoms with Gasteiger partial charge in [-0.15, -0.1) is 0 Å². The minimum absolute atomic E-state index is 0. The molecule has 0 spiro atoms. The number of benzene rings is 5. The van der Waals surface area contributed by atoms with Crippen molar-refractivity contribution in [3.8, 4) is 0 Å². The Hall–Kier alpha value is -6.45. The van der Waals surface area contributed by atoms with E-state index in [9.17, 15) is 9.59 Å². The van der Waals surface area contributed by atoms with Gasteiger partial charge >= 0.3 is 6.03 Å². The first kappa shape index (κ1) is 61.8. The number of halogens is 1. The fraction of sp³-hybridized carbons (Fsp3) is 0.379. The van der Waals surface area contributed by atoms with E-state index in [4.69, 9.17) is 0 Å². The molecule has 9 rings (SSSR count). The minimum Gasteiger partial charge on any atom is -1.00 e. The van der Waals surface area contributed by atoms with Crippen molar-refractivity contribution in [1.82, 2.24) is 16.0 Å². The number of hydrogen-bond acceptors (Lipinski definition) is 8. The van der Waals surface area contributed by atoms with Crippen LogP contribution in [0.1, 0.15) is 109 Å². The molecule has 4 aliphatic rings. The number of aryl methyl sites for hydroxylation is 1. The van der Waals surface area contributed by atoms with E-state index in [0.29, 0.717) is 11.7 Å². The van der Waals surface area contributed by atoms with Crippen molar-refractivity contribution in [3.63, 3.8) is 0 Å². The van der Waals surface area contributed by atoms with Crippen LogP contribution >= 0.6 is 11.8 Å². The van der Waals surface area contributed by atoms with Gasteiger partial charge in [-0.25, -0.2) is 4.79 Å². The number of unbranched alkanes of at least 4 members (excludes halogenated alkanes) is 2. The average molecular weight is 1190 g/mol. The normalized spacial score (nSPS) is 18.7. The second kappa shape index (κ2) is 29.1. The zero-order valence-electron chi connectivity index (χ0n) is 48.3. The maximum Gasteiger partial charge on any atom is 0.315 e. The summed E-state index contributed by atoms with van der Waals surface area (Å²) in [6, 6.07) is 41.8. The smallest absolute Gasteiger partial charge is 0.315 e. The van der Waals surface area contributed by atoms with Crippen LogP contribution in [0.4, 0.5) is 38.9 Å². The lowest BCUT2D eigenvalue weighted by atomic mass is 9.81. The summed E-state index contributed by atoms with van der Waals surface area (Å²) < 4.78 is 2.32. The standard InChI is InChI=1S/C29H35N2.C20H26N4.C17H23N3O2S.HI/c1-7-21-31-25-18-14-12-16-23(25)29(4,5)27(31)20-10-8-9-19-26-28(2,3)22-15-11-13-17-24(22)30(26)6;1-5-6-15-21-16(2)17-7-9-18(10-8-17)22-23-19-11-13-20(14-12-19)24(3)4;1-11-6-8-12(9-7-11)18-15(21)5-3-2-4-14-16-13(10-23-14)19-17(22)20-16;/h8-20H,7,21H2,1-6H3;7-14,21H,2,5-6,15H2,1,3-4H3;6-9,13-14,16H,2-5,10H2,1H3,(H,18,21)(H2,19,20,22);1H/q+1;;;/p-1. The number of nitrogens with one attached hydrogen (secondary N) is 4. The van der Waals surface area contributed by atoms with Crippen LogP contribution in [0.15, 0.2) is 174 Å². The van der Waals surface area contributed by atoms with Crippen LogP contribution in [-0.4, -0.2) is 79.5 Å². The Kier molecular flexibility index (Phi) is 22.8. The van der Waals surface area contributed by atoms with Crippen LogP contribution < -0.4 is 55.0 Å². The van der Waals surface area contributed by atoms with Gasteiger partial charge in [-0.3, -0.25) is 4.79 Å². The zero-order valence-corrected chi connectivity index (χ0v) is 51.3. The van der Waals surface area contributed by atoms with Crippen molar-refractivity contribution in [3.05, 3.63) is 186 Å². The van der Waals surface area contributed by atoms with Gasteiger partial charge in [0.25, 0.3) is 0 Å². The number of carbonyl (C=O) groups is 2. The summed E-state index contributed by atoms with van der Waals surface area (Å²) in [4.78, 5) is 27.8. The Balaban J connectivity index is 0.000000193. The Bertz CT molecular complexity index is 3000. The van der Waals surface area contributed by atoms with E-state index < -0.39 is 0 Å². The van der Waals surface area contributed by atoms with Gasteiger partial charge in [0.15, 0.2) is 5.71 Å². The summed E-state index contributed by atoms with van der Waals surface area (Å²) in [5.41, 5.74) is 15.1. The lowest BCUT2D eigenvalue weighted by molar-refractivity contribution is -0.401. The number of amides is 3. The minimum atomic E-state index is -0.0391. The molecule has 4 N–H and O–H groups in total. The zero-order chi connectivity index (χ0) is 55.8. The van der Waals surface area contributed by atoms with Gasteiger partial charge < -0.3 is 55.0 Å². The molecule has 4 heterocycles. The summed E-state index contributed by atoms with van der Waals surface area (Å²) in [5, 5.41) is 21.3. The molecule has 3 unspecified atom stereocenters. The second-order valence-corrected chi connectivity index (χ2v) is 23.1. The number of rotatable bonds is 19. The maximum absolute atomic E-state index is 11.9. The molecule has 0 radical (unpaired) electrons. The highest BCUT2D eigenvalue weighted by Crippen LogP contribution is 2.47. The number of urea groups is 1. The van der Waals surface area contributed by atoms with Crippen molar-refractivity contribution in [2.75, 3.05) is 55.1 Å². The molecule has 3 amide bonds. The molecule has 79 heavy (non-hydrogen) atoms. The number of thioether (sulfide) groups is 1. The van der Waals surface area contributed by atoms with Crippen LogP contribution in [-0.2, 0) is 15.6 Å². The van der Waals surface area contributed by atoms with Crippen molar-refractivity contribution in [2.45, 2.75) is 122 Å². The van der Waals surface area contributed by atoms with Gasteiger partial charge in [0.05, 0.1) is 28.9 Å². The molecule has 2 fully saturated rings. The van der Waals surface area contributed by atoms with Crippen molar-refractivity contribution < 1.29 is 38.1 Å². The molecule has 11 nitrogen and oxygen atoms in total. The molecule has 3 atom stereocenters. The van der Waals surface area contributed by atoms with Gasteiger partial charge in [0, 0.05) is 96.2 Å². The molecule has 0 bridgehead atoms. The third-order valence-corrected chi connectivity index (χ3v) is 16.6. The Labute approximate surface area is 493 Å². The Morgan fingerprint density at radius 2 is 1.47 bits per heavy atom. The quantitative estimate of drug-likeness (QED) is 0.0163. The summed E-state index contributed by atoms with van der Waals surface area (Å²) >= 11 is 1.92. The second-order valence-electron chi connectivity index (χ2n) is 21.9. The number of carbonyl (C=O) groups excluding carboxylic acids is 2. The van der Waals surface area contributed by atoms with Gasteiger partial charge in [-0.2, -0.15) is 26.6 Å². The van der Waals surface area contributed by atoms with Gasteiger partial charge in [-0.1, -0.05) is 132 Å². The van der Waals surface area contributed by atoms with Gasteiger partial charge in [0.2, 0.25) is 11.6 Å². The molecule has 13 heteroatoms. The predicted molar refractivity (Wildman–Crippen MR) is 331 cm³/mol. The predicted octanol–water partition coefficient (Wildman–Crippen LogP) is 12.1. The Morgan fingerprint density at radius 3 is 2.13 bits per heavy atom. The van der Waals surface area contributed by atoms with E-state index in [2.05, 4.69) is 180 Å². The van der Waals surface area contributed by atoms with Crippen LogP contribution in [0.3, 0.4) is 0 Å². The first-order valence-corrected chi connectivity index (χ1v) is 29.0. The van der Waals surface area contributed by atoms with E-state index in [0.717, 1.165) is 85.0 Å². The third-order valence-electron chi connectivity index (χ3n) is 15.1. The topological polar surface area (TPSA) is 116 Å². The number of azo groups is 1. The SMILES string of the molecule is C=C(NCCCC)c1ccc(N=Nc2ccc(N(C)C)cc2)cc1.CCCN1/C(=C/C=C/C=C/C2=[N+](C)c3ccccc3C2(C)C)C(C)(C)c2ccccc21.Cc1ccc(NC(=O)CCCCC2SCC3NC(=O)NC32)cc1.[I-]. The number of para-hydroxylation sites is 2. The van der Waals surface area contributed by atoms with Gasteiger partial charge in [0.1, 0.15) is 7.05 Å². The van der Waals surface area contributed by atoms with E-state index in [1.54, 1.807) is 0 Å². The van der Waals surface area contributed by atoms with Crippen LogP contribution in [0.25, 0.3) is 5.70 Å². The lowest BCUT2D eigenvalue weighted by Gasteiger charge is -2.26. The summed E-state index contributed by atoms with van der Waals surface area (Å²) in [5.74, 6) is 1.06. The number of nitrogens with zero attached hydrogens (tertiary/aromatic N) is 5. The fourth-order valence-corrected chi connectivity index (χ4v) is 12.1. The first-order chi connectivity index (χ1) is 37.5. The molecular formula is C66H84IN9O2S. The molecule has 418 valence electrons. The van der Waals surface area contributed by atoms with Crippen LogP contribution in [0, 0.1) is 6.92 Å². The highest BCUT2D eigenvalue weighted by Gasteiger charge is 2.44. The van der Waals surface area contributed by atoms with Crippen molar-refractivity contribution >= 4 is 69.2 Å². The number of fused-ring (bicyclic) bond motifs is 3. The van der Waals surface area contributed by atoms with E-state index in [-0.39, 0.29) is 58.8 Å². The number of allylic oxidation sites excluding steroid dienone is 6. The van der Waals surface area contributed by atoms with E-state index in [1.165, 1.54) is 45.9 Å². The molecule has 0 saturated carbocycles. The monoisotopic (exact) mass is 1190 g/mol. The first-order valence-electron chi connectivity index (χ1n) is 27.9. The van der Waals surface area contributed by atoms with Crippen LogP contribution in [0.2, 0.25) is 0 Å². The highest BCUT2D eigenvalue weighted by atomic mass is 127. The molecule has 4 aliphatic heterocycles. The number of hydrogen-bond donors (Lipinski definition) is 4. The highest BCUT2D eigenvalue weighted by molar-refractivity contribution is 8.00. The fourth-order valence-electron chi connectivity index (χ4n) is 10.6. The third kappa shape index (κ3) is 16.1. The molecule has 5 aromatic rings. The largest absolute Gasteiger partial charge is 1.00 e. The van der Waals surface area contributed by atoms with Crippen LogP contribution in [0.5, 0.6) is 0 Å². The summed E-state index contributed by atoms with van der Waals surface area (Å²) in [6.45, 7) is 21.8. The van der Waals surface area contributed by atoms with E-state index in [1.807, 2.05) is 106 Å². The van der Waals surface area contributed by atoms with Gasteiger partial charge in [-0.05, 0) is 118 Å². The van der Waals surface area contributed by atoms with E-state index >= 15 is 0 Å². The molecule has 5 aromatic carbocycles. The Morgan fingerprint density at radius 1 is 0.810 bits per heavy atom. The lowest BCUT2D eigenvalue weighted by Crippen LogP contribution is -3.00. The van der Waals surface area contributed by atoms with Crippen molar-refractivity contribution in [1.29, 1.82) is 0 Å². The molecular weight excluding hydrogens is 1110 g/mol. The molecule has 0 aromatic heterocycles. The van der Waals surface area contributed by atoms with Crippen molar-refractivity contribution in [2.24, 2.45) is 10.2 Å². The maximum atomic E-state index is 11.9. The molecule has 0 aliphatic carbocycles. The average Bonchev–Trinajstić information content (AvgIpc) is 4.33.